The highest BCUT2D eigenvalue weighted by molar-refractivity contribution is 8.22. The highest BCUT2D eigenvalue weighted by atomic mass is 32.2. The molecule has 0 aliphatic carbocycles. The lowest BCUT2D eigenvalue weighted by atomic mass is 10.9. The zero-order chi connectivity index (χ0) is 8.85. The van der Waals surface area contributed by atoms with Crippen molar-refractivity contribution < 1.29 is 4.79 Å². The lowest BCUT2D eigenvalue weighted by Gasteiger charge is -2.12. The van der Waals surface area contributed by atoms with Crippen LogP contribution in [-0.2, 0) is 0 Å². The second kappa shape index (κ2) is 5.20. The summed E-state index contributed by atoms with van der Waals surface area (Å²) in [5, 5.41) is 0. The third kappa shape index (κ3) is 4.86. The normalized spacial score (nSPS) is 8.64. The first kappa shape index (κ1) is 10.5. The number of nitrogens with one attached hydrogen (secondary N) is 2. The van der Waals surface area contributed by atoms with Crippen molar-refractivity contribution in [3.05, 3.63) is 0 Å². The van der Waals surface area contributed by atoms with Crippen molar-refractivity contribution in [3.63, 3.8) is 0 Å². The van der Waals surface area contributed by atoms with Gasteiger partial charge in [-0.25, -0.2) is 4.79 Å². The molecule has 0 heterocycles. The summed E-state index contributed by atoms with van der Waals surface area (Å²) in [4.78, 5) is 12.3. The third-order valence-electron chi connectivity index (χ3n) is 0.863. The van der Waals surface area contributed by atoms with Crippen LogP contribution in [0.5, 0.6) is 0 Å². The van der Waals surface area contributed by atoms with Gasteiger partial charge in [-0.05, 0) is 6.26 Å². The average Bonchev–Trinajstić information content (AvgIpc) is 1.99. The number of rotatable bonds is 0. The highest BCUT2D eigenvalue weighted by Crippen LogP contribution is 1.91. The Bertz CT molecular complexity index is 160. The molecule has 0 bridgehead atoms. The van der Waals surface area contributed by atoms with Gasteiger partial charge in [0, 0.05) is 14.1 Å². The summed E-state index contributed by atoms with van der Waals surface area (Å²) < 4.78 is 0.542. The maximum Gasteiger partial charge on any atom is 0.335 e. The first-order valence-corrected chi connectivity index (χ1v) is 4.52. The van der Waals surface area contributed by atoms with E-state index in [0.29, 0.717) is 4.32 Å². The number of hydrogen-bond acceptors (Lipinski definition) is 3. The van der Waals surface area contributed by atoms with E-state index in [1.165, 1.54) is 16.7 Å². The zero-order valence-corrected chi connectivity index (χ0v) is 8.30. The predicted octanol–water partition coefficient (Wildman–Crippen LogP) is 0.410. The quantitative estimate of drug-likeness (QED) is 0.432. The molecule has 6 heteroatoms. The van der Waals surface area contributed by atoms with Gasteiger partial charge in [-0.15, -0.1) is 0 Å². The number of thiocarbonyl (C=S) groups is 1. The minimum absolute atomic E-state index is 0.221. The molecule has 2 amide bonds. The number of amides is 2. The van der Waals surface area contributed by atoms with E-state index in [2.05, 4.69) is 10.9 Å². The summed E-state index contributed by atoms with van der Waals surface area (Å²) in [6.45, 7) is 0. The smallest absolute Gasteiger partial charge is 0.330 e. The Balaban J connectivity index is 3.54. The van der Waals surface area contributed by atoms with Crippen LogP contribution >= 0.6 is 24.0 Å². The molecule has 0 rings (SSSR count). The SMILES string of the molecule is CSC(=S)NNC(=O)N(C)C. The molecule has 2 N–H and O–H groups in total. The van der Waals surface area contributed by atoms with E-state index in [9.17, 15) is 4.79 Å². The standard InChI is InChI=1S/C5H11N3OS2/c1-8(2)4(9)6-7-5(10)11-3/h1-3H3,(H,6,9)(H,7,10). The highest BCUT2D eigenvalue weighted by Gasteiger charge is 2.01. The van der Waals surface area contributed by atoms with Gasteiger partial charge >= 0.3 is 6.03 Å². The Labute approximate surface area is 75.7 Å². The molecule has 0 aromatic carbocycles. The molecule has 64 valence electrons. The molecule has 0 aromatic rings. The van der Waals surface area contributed by atoms with Gasteiger partial charge in [-0.3, -0.25) is 10.9 Å². The molecular formula is C5H11N3OS2. The van der Waals surface area contributed by atoms with Crippen molar-refractivity contribution in [1.29, 1.82) is 0 Å². The van der Waals surface area contributed by atoms with E-state index in [1.807, 2.05) is 6.26 Å². The number of urea groups is 1. The first-order chi connectivity index (χ1) is 5.07. The van der Waals surface area contributed by atoms with Crippen LogP contribution in [-0.4, -0.2) is 35.6 Å². The minimum atomic E-state index is -0.221. The maximum absolute atomic E-state index is 10.8. The summed E-state index contributed by atoms with van der Waals surface area (Å²) in [7, 11) is 3.30. The van der Waals surface area contributed by atoms with Crippen molar-refractivity contribution in [2.24, 2.45) is 0 Å². The Morgan fingerprint density at radius 1 is 1.45 bits per heavy atom. The van der Waals surface area contributed by atoms with Crippen molar-refractivity contribution in [2.75, 3.05) is 20.4 Å². The number of carbonyl (C=O) groups excluding carboxylic acids is 1. The van der Waals surface area contributed by atoms with Crippen molar-refractivity contribution in [1.82, 2.24) is 15.8 Å². The molecule has 4 nitrogen and oxygen atoms in total. The molecule has 0 aliphatic rings. The third-order valence-corrected chi connectivity index (χ3v) is 1.94. The Hall–Kier alpha value is -0.490. The molecule has 0 aromatic heterocycles. The number of nitrogens with zero attached hydrogens (tertiary/aromatic N) is 1. The second-order valence-electron chi connectivity index (χ2n) is 1.94. The van der Waals surface area contributed by atoms with Crippen LogP contribution in [0.1, 0.15) is 0 Å². The first-order valence-electron chi connectivity index (χ1n) is 2.89. The maximum atomic E-state index is 10.8. The molecule has 0 aliphatic heterocycles. The molecule has 0 unspecified atom stereocenters. The van der Waals surface area contributed by atoms with Crippen LogP contribution < -0.4 is 10.9 Å². The van der Waals surface area contributed by atoms with Crippen LogP contribution in [0.15, 0.2) is 0 Å². The van der Waals surface area contributed by atoms with E-state index in [1.54, 1.807) is 14.1 Å². The van der Waals surface area contributed by atoms with Gasteiger partial charge < -0.3 is 4.90 Å². The Morgan fingerprint density at radius 3 is 2.36 bits per heavy atom. The summed E-state index contributed by atoms with van der Waals surface area (Å²) >= 11 is 6.14. The number of thioether (sulfide) groups is 1. The van der Waals surface area contributed by atoms with Crippen LogP contribution in [0, 0.1) is 0 Å². The molecule has 0 atom stereocenters. The Morgan fingerprint density at radius 2 is 2.00 bits per heavy atom. The number of hydrogen-bond donors (Lipinski definition) is 2. The lowest BCUT2D eigenvalue weighted by molar-refractivity contribution is 0.215. The van der Waals surface area contributed by atoms with Crippen LogP contribution in [0.4, 0.5) is 4.79 Å². The lowest BCUT2D eigenvalue weighted by Crippen LogP contribution is -2.44. The minimum Gasteiger partial charge on any atom is -0.330 e. The Kier molecular flexibility index (Phi) is 4.97. The largest absolute Gasteiger partial charge is 0.335 e. The van der Waals surface area contributed by atoms with Gasteiger partial charge in [-0.2, -0.15) is 0 Å². The molecule has 0 radical (unpaired) electrons. The molecule has 0 spiro atoms. The van der Waals surface area contributed by atoms with Crippen molar-refractivity contribution >= 4 is 34.3 Å². The fourth-order valence-corrected chi connectivity index (χ4v) is 0.471. The fourth-order valence-electron chi connectivity index (χ4n) is 0.267. The molecule has 0 saturated carbocycles. The summed E-state index contributed by atoms with van der Waals surface area (Å²) in [5.41, 5.74) is 4.97. The zero-order valence-electron chi connectivity index (χ0n) is 6.67. The monoisotopic (exact) mass is 193 g/mol. The summed E-state index contributed by atoms with van der Waals surface area (Å²) in [6.07, 6.45) is 1.83. The van der Waals surface area contributed by atoms with Gasteiger partial charge in [0.25, 0.3) is 0 Å². The average molecular weight is 193 g/mol. The number of carbonyl (C=O) groups is 1. The van der Waals surface area contributed by atoms with E-state index in [0.717, 1.165) is 0 Å². The van der Waals surface area contributed by atoms with E-state index in [-0.39, 0.29) is 6.03 Å². The summed E-state index contributed by atoms with van der Waals surface area (Å²) in [6, 6.07) is -0.221. The summed E-state index contributed by atoms with van der Waals surface area (Å²) in [5.74, 6) is 0. The van der Waals surface area contributed by atoms with Crippen LogP contribution in [0.3, 0.4) is 0 Å². The van der Waals surface area contributed by atoms with Gasteiger partial charge in [0.1, 0.15) is 0 Å². The molecule has 0 saturated heterocycles. The van der Waals surface area contributed by atoms with E-state index in [4.69, 9.17) is 12.2 Å². The van der Waals surface area contributed by atoms with Crippen LogP contribution in [0.25, 0.3) is 0 Å². The van der Waals surface area contributed by atoms with Crippen molar-refractivity contribution in [2.45, 2.75) is 0 Å². The van der Waals surface area contributed by atoms with Gasteiger partial charge in [0.2, 0.25) is 0 Å². The number of hydrazine groups is 1. The molecule has 0 fully saturated rings. The molecular weight excluding hydrogens is 182 g/mol. The van der Waals surface area contributed by atoms with Crippen LogP contribution in [0.2, 0.25) is 0 Å². The fraction of sp³-hybridized carbons (Fsp3) is 0.600. The van der Waals surface area contributed by atoms with Gasteiger partial charge in [-0.1, -0.05) is 24.0 Å². The second-order valence-corrected chi connectivity index (χ2v) is 3.42. The van der Waals surface area contributed by atoms with Gasteiger partial charge in [0.05, 0.1) is 0 Å². The van der Waals surface area contributed by atoms with E-state index < -0.39 is 0 Å². The van der Waals surface area contributed by atoms with Crippen molar-refractivity contribution in [3.8, 4) is 0 Å². The topological polar surface area (TPSA) is 44.4 Å². The predicted molar refractivity (Wildman–Crippen MR) is 51.5 cm³/mol. The van der Waals surface area contributed by atoms with Gasteiger partial charge in [0.15, 0.2) is 4.32 Å². The molecule has 11 heavy (non-hydrogen) atoms. The van der Waals surface area contributed by atoms with E-state index >= 15 is 0 Å².